The van der Waals surface area contributed by atoms with E-state index in [0.29, 0.717) is 6.54 Å². The molecule has 0 aliphatic carbocycles. The first-order valence-electron chi connectivity index (χ1n) is 3.87. The Labute approximate surface area is 72.2 Å². The van der Waals surface area contributed by atoms with Crippen LogP contribution in [0.15, 0.2) is 6.33 Å². The van der Waals surface area contributed by atoms with E-state index in [9.17, 15) is 0 Å². The van der Waals surface area contributed by atoms with E-state index in [1.807, 2.05) is 30.6 Å². The summed E-state index contributed by atoms with van der Waals surface area (Å²) in [5.41, 5.74) is 5.61. The van der Waals surface area contributed by atoms with Gasteiger partial charge < -0.3 is 10.3 Å². The van der Waals surface area contributed by atoms with E-state index in [0.717, 1.165) is 5.82 Å². The van der Waals surface area contributed by atoms with Gasteiger partial charge in [0.05, 0.1) is 6.04 Å². The standard InChI is InChI=1S/C7H15N5/c1-11(2)6(4-8)7-10-9-5-12(7)3/h5-6H,4,8H2,1-3H3. The number of rotatable bonds is 3. The number of nitrogens with two attached hydrogens (primary N) is 1. The molecule has 0 saturated heterocycles. The molecule has 68 valence electrons. The maximum atomic E-state index is 5.61. The van der Waals surface area contributed by atoms with Gasteiger partial charge >= 0.3 is 0 Å². The third-order valence-corrected chi connectivity index (χ3v) is 1.89. The highest BCUT2D eigenvalue weighted by Crippen LogP contribution is 2.11. The smallest absolute Gasteiger partial charge is 0.151 e. The number of likely N-dealkylation sites (N-methyl/N-ethyl adjacent to an activating group) is 1. The van der Waals surface area contributed by atoms with Gasteiger partial charge in [0.1, 0.15) is 6.33 Å². The van der Waals surface area contributed by atoms with Gasteiger partial charge in [-0.1, -0.05) is 0 Å². The number of nitrogens with zero attached hydrogens (tertiary/aromatic N) is 4. The van der Waals surface area contributed by atoms with Gasteiger partial charge in [-0.2, -0.15) is 0 Å². The number of hydrogen-bond donors (Lipinski definition) is 1. The molecule has 0 amide bonds. The maximum absolute atomic E-state index is 5.61. The van der Waals surface area contributed by atoms with Crippen LogP contribution in [0.4, 0.5) is 0 Å². The third-order valence-electron chi connectivity index (χ3n) is 1.89. The highest BCUT2D eigenvalue weighted by Gasteiger charge is 2.16. The minimum absolute atomic E-state index is 0.150. The van der Waals surface area contributed by atoms with Crippen molar-refractivity contribution in [1.29, 1.82) is 0 Å². The van der Waals surface area contributed by atoms with Crippen molar-refractivity contribution in [1.82, 2.24) is 19.7 Å². The quantitative estimate of drug-likeness (QED) is 0.655. The molecule has 0 aliphatic heterocycles. The summed E-state index contributed by atoms with van der Waals surface area (Å²) in [6.45, 7) is 0.555. The number of aromatic nitrogens is 3. The summed E-state index contributed by atoms with van der Waals surface area (Å²) in [5, 5.41) is 7.80. The van der Waals surface area contributed by atoms with Crippen LogP contribution >= 0.6 is 0 Å². The Hall–Kier alpha value is -0.940. The van der Waals surface area contributed by atoms with Crippen LogP contribution in [-0.4, -0.2) is 40.3 Å². The van der Waals surface area contributed by atoms with Crippen molar-refractivity contribution in [2.24, 2.45) is 12.8 Å². The zero-order valence-corrected chi connectivity index (χ0v) is 7.73. The SMILES string of the molecule is CN(C)C(CN)c1nncn1C. The lowest BCUT2D eigenvalue weighted by atomic mass is 10.2. The van der Waals surface area contributed by atoms with Gasteiger partial charge in [-0.25, -0.2) is 0 Å². The molecule has 0 saturated carbocycles. The first-order chi connectivity index (χ1) is 5.66. The Bertz CT molecular complexity index is 242. The molecule has 0 fully saturated rings. The summed E-state index contributed by atoms with van der Waals surface area (Å²) in [6.07, 6.45) is 1.68. The number of aryl methyl sites for hydroxylation is 1. The third kappa shape index (κ3) is 1.62. The van der Waals surface area contributed by atoms with Gasteiger partial charge in [0.2, 0.25) is 0 Å². The van der Waals surface area contributed by atoms with E-state index >= 15 is 0 Å². The van der Waals surface area contributed by atoms with Crippen molar-refractivity contribution in [2.75, 3.05) is 20.6 Å². The van der Waals surface area contributed by atoms with Crippen molar-refractivity contribution in [3.05, 3.63) is 12.2 Å². The van der Waals surface area contributed by atoms with Crippen LogP contribution in [0.25, 0.3) is 0 Å². The van der Waals surface area contributed by atoms with E-state index in [2.05, 4.69) is 10.2 Å². The lowest BCUT2D eigenvalue weighted by Gasteiger charge is -2.20. The summed E-state index contributed by atoms with van der Waals surface area (Å²) in [7, 11) is 5.87. The molecule has 1 unspecified atom stereocenters. The Morgan fingerprint density at radius 2 is 2.33 bits per heavy atom. The Morgan fingerprint density at radius 3 is 2.67 bits per heavy atom. The average molecular weight is 169 g/mol. The van der Waals surface area contributed by atoms with Gasteiger partial charge in [-0.15, -0.1) is 10.2 Å². The van der Waals surface area contributed by atoms with Crippen LogP contribution in [0.5, 0.6) is 0 Å². The highest BCUT2D eigenvalue weighted by molar-refractivity contribution is 4.94. The van der Waals surface area contributed by atoms with Gasteiger partial charge in [0.25, 0.3) is 0 Å². The van der Waals surface area contributed by atoms with E-state index in [-0.39, 0.29) is 6.04 Å². The first-order valence-corrected chi connectivity index (χ1v) is 3.87. The van der Waals surface area contributed by atoms with Crippen LogP contribution in [0, 0.1) is 0 Å². The molecule has 0 aliphatic rings. The molecule has 1 atom stereocenters. The Morgan fingerprint density at radius 1 is 1.67 bits per heavy atom. The Kier molecular flexibility index (Phi) is 2.78. The molecular formula is C7H15N5. The van der Waals surface area contributed by atoms with Crippen LogP contribution in [0.1, 0.15) is 11.9 Å². The summed E-state index contributed by atoms with van der Waals surface area (Å²) < 4.78 is 1.89. The van der Waals surface area contributed by atoms with E-state index < -0.39 is 0 Å². The molecule has 1 rings (SSSR count). The maximum Gasteiger partial charge on any atom is 0.151 e. The monoisotopic (exact) mass is 169 g/mol. The molecule has 2 N–H and O–H groups in total. The normalized spacial score (nSPS) is 13.8. The zero-order chi connectivity index (χ0) is 9.14. The highest BCUT2D eigenvalue weighted by atomic mass is 15.3. The summed E-state index contributed by atoms with van der Waals surface area (Å²) >= 11 is 0. The summed E-state index contributed by atoms with van der Waals surface area (Å²) in [4.78, 5) is 2.03. The molecular weight excluding hydrogens is 154 g/mol. The molecule has 1 heterocycles. The molecule has 0 bridgehead atoms. The van der Waals surface area contributed by atoms with Crippen LogP contribution in [0.3, 0.4) is 0 Å². The van der Waals surface area contributed by atoms with Gasteiger partial charge in [0.15, 0.2) is 5.82 Å². The first kappa shape index (κ1) is 9.15. The lowest BCUT2D eigenvalue weighted by molar-refractivity contribution is 0.288. The number of hydrogen-bond acceptors (Lipinski definition) is 4. The fourth-order valence-electron chi connectivity index (χ4n) is 1.14. The van der Waals surface area contributed by atoms with Gasteiger partial charge in [-0.3, -0.25) is 4.90 Å². The second kappa shape index (κ2) is 3.64. The molecule has 1 aromatic rings. The van der Waals surface area contributed by atoms with Crippen molar-refractivity contribution >= 4 is 0 Å². The van der Waals surface area contributed by atoms with Crippen molar-refractivity contribution in [3.8, 4) is 0 Å². The van der Waals surface area contributed by atoms with Crippen LogP contribution in [0.2, 0.25) is 0 Å². The minimum Gasteiger partial charge on any atom is -0.328 e. The predicted molar refractivity (Wildman–Crippen MR) is 46.5 cm³/mol. The second-order valence-corrected chi connectivity index (χ2v) is 3.02. The van der Waals surface area contributed by atoms with Crippen molar-refractivity contribution in [3.63, 3.8) is 0 Å². The van der Waals surface area contributed by atoms with Crippen molar-refractivity contribution < 1.29 is 0 Å². The van der Waals surface area contributed by atoms with E-state index in [1.165, 1.54) is 0 Å². The molecule has 5 nitrogen and oxygen atoms in total. The zero-order valence-electron chi connectivity index (χ0n) is 7.73. The fourth-order valence-corrected chi connectivity index (χ4v) is 1.14. The predicted octanol–water partition coefficient (Wildman–Crippen LogP) is -0.623. The van der Waals surface area contributed by atoms with Crippen LogP contribution in [-0.2, 0) is 7.05 Å². The lowest BCUT2D eigenvalue weighted by Crippen LogP contribution is -2.29. The minimum atomic E-state index is 0.150. The Balaban J connectivity index is 2.87. The van der Waals surface area contributed by atoms with Crippen molar-refractivity contribution in [2.45, 2.75) is 6.04 Å². The summed E-state index contributed by atoms with van der Waals surface area (Å²) in [5.74, 6) is 0.905. The molecule has 12 heavy (non-hydrogen) atoms. The fraction of sp³-hybridized carbons (Fsp3) is 0.714. The van der Waals surface area contributed by atoms with E-state index in [4.69, 9.17) is 5.73 Å². The molecule has 1 aromatic heterocycles. The second-order valence-electron chi connectivity index (χ2n) is 3.02. The molecule has 5 heteroatoms. The molecule has 0 radical (unpaired) electrons. The average Bonchev–Trinajstić information content (AvgIpc) is 2.38. The molecule has 0 spiro atoms. The molecule has 0 aromatic carbocycles. The van der Waals surface area contributed by atoms with Crippen LogP contribution < -0.4 is 5.73 Å². The summed E-state index contributed by atoms with van der Waals surface area (Å²) in [6, 6.07) is 0.150. The van der Waals surface area contributed by atoms with E-state index in [1.54, 1.807) is 6.33 Å². The topological polar surface area (TPSA) is 60.0 Å². The van der Waals surface area contributed by atoms with Gasteiger partial charge in [-0.05, 0) is 14.1 Å². The van der Waals surface area contributed by atoms with Gasteiger partial charge in [0, 0.05) is 13.6 Å². The largest absolute Gasteiger partial charge is 0.328 e.